The van der Waals surface area contributed by atoms with Crippen molar-refractivity contribution >= 4 is 5.91 Å². The topological polar surface area (TPSA) is 78.3 Å². The number of methoxy groups -OCH3 is 1. The van der Waals surface area contributed by atoms with Gasteiger partial charge in [0.05, 0.1) is 31.2 Å². The molecule has 1 aromatic carbocycles. The molecule has 2 aromatic heterocycles. The first-order valence-electron chi connectivity index (χ1n) is 10.6. The molecule has 31 heavy (non-hydrogen) atoms. The van der Waals surface area contributed by atoms with E-state index in [-0.39, 0.29) is 5.91 Å². The highest BCUT2D eigenvalue weighted by molar-refractivity contribution is 5.95. The maximum Gasteiger partial charge on any atom is 0.255 e. The van der Waals surface area contributed by atoms with E-state index in [2.05, 4.69) is 29.2 Å². The molecule has 0 radical (unpaired) electrons. The molecule has 0 saturated carbocycles. The first kappa shape index (κ1) is 22.3. The Morgan fingerprint density at radius 2 is 2.03 bits per heavy atom. The number of nitrogens with one attached hydrogen (secondary N) is 1. The van der Waals surface area contributed by atoms with E-state index in [0.717, 1.165) is 17.7 Å². The highest BCUT2D eigenvalue weighted by Gasteiger charge is 2.17. The largest absolute Gasteiger partial charge is 0.493 e. The lowest BCUT2D eigenvalue weighted by Crippen LogP contribution is -2.24. The number of carbonyl (C=O) groups excluding carboxylic acids is 1. The normalized spacial score (nSPS) is 10.9. The van der Waals surface area contributed by atoms with Gasteiger partial charge < -0.3 is 14.8 Å². The van der Waals surface area contributed by atoms with Crippen molar-refractivity contribution < 1.29 is 14.3 Å². The molecule has 164 valence electrons. The summed E-state index contributed by atoms with van der Waals surface area (Å²) in [5.41, 5.74) is 2.30. The molecule has 0 aliphatic rings. The van der Waals surface area contributed by atoms with Gasteiger partial charge in [0.25, 0.3) is 5.91 Å². The minimum absolute atomic E-state index is 0.171. The number of aromatic nitrogens is 3. The number of hydrogen-bond donors (Lipinski definition) is 1. The molecule has 0 atom stereocenters. The van der Waals surface area contributed by atoms with Crippen LogP contribution in [0.25, 0.3) is 5.82 Å². The second kappa shape index (κ2) is 10.6. The second-order valence-electron chi connectivity index (χ2n) is 7.66. The van der Waals surface area contributed by atoms with E-state index in [1.807, 2.05) is 43.3 Å². The Kier molecular flexibility index (Phi) is 7.65. The van der Waals surface area contributed by atoms with Crippen molar-refractivity contribution in [1.82, 2.24) is 20.1 Å². The standard InChI is InChI=1S/C24H30N4O3/c1-5-20-19(16-27-28(20)23-8-6-7-12-25-23)24(29)26-15-18-9-10-21(22(14-18)30-4)31-13-11-17(2)3/h6-10,12,14,16-17H,5,11,13,15H2,1-4H3,(H,26,29). The maximum absolute atomic E-state index is 12.8. The zero-order valence-electron chi connectivity index (χ0n) is 18.6. The van der Waals surface area contributed by atoms with Gasteiger partial charge in [0.15, 0.2) is 17.3 Å². The maximum atomic E-state index is 12.8. The molecule has 0 saturated heterocycles. The number of rotatable bonds is 10. The lowest BCUT2D eigenvalue weighted by Gasteiger charge is -2.13. The number of hydrogen-bond acceptors (Lipinski definition) is 5. The smallest absolute Gasteiger partial charge is 0.255 e. The van der Waals surface area contributed by atoms with Crippen LogP contribution in [0.4, 0.5) is 0 Å². The number of ether oxygens (including phenoxy) is 2. The number of carbonyl (C=O) groups is 1. The van der Waals surface area contributed by atoms with Gasteiger partial charge in [-0.25, -0.2) is 9.67 Å². The minimum Gasteiger partial charge on any atom is -0.493 e. The number of benzene rings is 1. The van der Waals surface area contributed by atoms with Crippen molar-refractivity contribution in [2.75, 3.05) is 13.7 Å². The molecule has 0 bridgehead atoms. The van der Waals surface area contributed by atoms with E-state index in [9.17, 15) is 4.79 Å². The third kappa shape index (κ3) is 5.63. The monoisotopic (exact) mass is 422 g/mol. The molecule has 0 aliphatic heterocycles. The van der Waals surface area contributed by atoms with Crippen molar-refractivity contribution in [2.45, 2.75) is 40.2 Å². The van der Waals surface area contributed by atoms with Crippen molar-refractivity contribution in [2.24, 2.45) is 5.92 Å². The van der Waals surface area contributed by atoms with Gasteiger partial charge in [0.1, 0.15) is 0 Å². The van der Waals surface area contributed by atoms with Crippen molar-refractivity contribution in [3.8, 4) is 17.3 Å². The van der Waals surface area contributed by atoms with Gasteiger partial charge in [-0.05, 0) is 48.6 Å². The molecule has 1 amide bonds. The molecule has 0 unspecified atom stereocenters. The minimum atomic E-state index is -0.171. The number of amides is 1. The summed E-state index contributed by atoms with van der Waals surface area (Å²) in [6.07, 6.45) is 4.94. The van der Waals surface area contributed by atoms with Gasteiger partial charge in [-0.15, -0.1) is 0 Å². The molecule has 3 rings (SSSR count). The van der Waals surface area contributed by atoms with Crippen LogP contribution in [0, 0.1) is 5.92 Å². The van der Waals surface area contributed by atoms with Crippen molar-refractivity contribution in [1.29, 1.82) is 0 Å². The lowest BCUT2D eigenvalue weighted by molar-refractivity contribution is 0.0950. The van der Waals surface area contributed by atoms with E-state index in [1.165, 1.54) is 0 Å². The SMILES string of the molecule is CCc1c(C(=O)NCc2ccc(OCCC(C)C)c(OC)c2)cnn1-c1ccccn1. The fraction of sp³-hybridized carbons (Fsp3) is 0.375. The van der Waals surface area contributed by atoms with E-state index in [0.29, 0.717) is 48.4 Å². The third-order valence-corrected chi connectivity index (χ3v) is 4.95. The van der Waals surface area contributed by atoms with E-state index < -0.39 is 0 Å². The zero-order valence-corrected chi connectivity index (χ0v) is 18.6. The summed E-state index contributed by atoms with van der Waals surface area (Å²) in [5.74, 6) is 2.47. The summed E-state index contributed by atoms with van der Waals surface area (Å²) < 4.78 is 13.0. The predicted octanol–water partition coefficient (Wildman–Crippen LogP) is 4.19. The van der Waals surface area contributed by atoms with Gasteiger partial charge in [-0.2, -0.15) is 5.10 Å². The number of pyridine rings is 1. The first-order valence-corrected chi connectivity index (χ1v) is 10.6. The van der Waals surface area contributed by atoms with Crippen LogP contribution in [-0.4, -0.2) is 34.4 Å². The van der Waals surface area contributed by atoms with Gasteiger partial charge in [0, 0.05) is 12.7 Å². The van der Waals surface area contributed by atoms with Crippen LogP contribution in [0.1, 0.15) is 48.8 Å². The van der Waals surface area contributed by atoms with Gasteiger partial charge in [0.2, 0.25) is 0 Å². The predicted molar refractivity (Wildman–Crippen MR) is 120 cm³/mol. The van der Waals surface area contributed by atoms with Crippen LogP contribution < -0.4 is 14.8 Å². The van der Waals surface area contributed by atoms with E-state index >= 15 is 0 Å². The Morgan fingerprint density at radius 1 is 1.19 bits per heavy atom. The Labute approximate surface area is 183 Å². The fourth-order valence-corrected chi connectivity index (χ4v) is 3.20. The first-order chi connectivity index (χ1) is 15.0. The lowest BCUT2D eigenvalue weighted by atomic mass is 10.1. The molecule has 2 heterocycles. The summed E-state index contributed by atoms with van der Waals surface area (Å²) in [4.78, 5) is 17.2. The van der Waals surface area contributed by atoms with Crippen LogP contribution in [-0.2, 0) is 13.0 Å². The van der Waals surface area contributed by atoms with Gasteiger partial charge in [-0.1, -0.05) is 32.9 Å². The molecule has 3 aromatic rings. The average molecular weight is 423 g/mol. The quantitative estimate of drug-likeness (QED) is 0.530. The molecular formula is C24H30N4O3. The molecule has 0 aliphatic carbocycles. The Hall–Kier alpha value is -3.35. The molecule has 0 spiro atoms. The summed E-state index contributed by atoms with van der Waals surface area (Å²) >= 11 is 0. The summed E-state index contributed by atoms with van der Waals surface area (Å²) in [7, 11) is 1.62. The third-order valence-electron chi connectivity index (χ3n) is 4.95. The van der Waals surface area contributed by atoms with Gasteiger partial charge >= 0.3 is 0 Å². The Morgan fingerprint density at radius 3 is 2.71 bits per heavy atom. The van der Waals surface area contributed by atoms with Crippen molar-refractivity contribution in [3.05, 3.63) is 65.6 Å². The molecule has 0 fully saturated rings. The molecular weight excluding hydrogens is 392 g/mol. The van der Waals surface area contributed by atoms with Crippen LogP contribution >= 0.6 is 0 Å². The fourth-order valence-electron chi connectivity index (χ4n) is 3.20. The van der Waals surface area contributed by atoms with Crippen LogP contribution in [0.2, 0.25) is 0 Å². The molecule has 7 nitrogen and oxygen atoms in total. The summed E-state index contributed by atoms with van der Waals surface area (Å²) in [6, 6.07) is 11.3. The van der Waals surface area contributed by atoms with Crippen LogP contribution in [0.15, 0.2) is 48.8 Å². The van der Waals surface area contributed by atoms with E-state index in [4.69, 9.17) is 9.47 Å². The second-order valence-corrected chi connectivity index (χ2v) is 7.66. The van der Waals surface area contributed by atoms with Gasteiger partial charge in [-0.3, -0.25) is 4.79 Å². The van der Waals surface area contributed by atoms with E-state index in [1.54, 1.807) is 24.2 Å². The van der Waals surface area contributed by atoms with Crippen LogP contribution in [0.5, 0.6) is 11.5 Å². The molecule has 1 N–H and O–H groups in total. The van der Waals surface area contributed by atoms with Crippen molar-refractivity contribution in [3.63, 3.8) is 0 Å². The highest BCUT2D eigenvalue weighted by Crippen LogP contribution is 2.28. The average Bonchev–Trinajstić information content (AvgIpc) is 3.22. The highest BCUT2D eigenvalue weighted by atomic mass is 16.5. The van der Waals surface area contributed by atoms with Crippen LogP contribution in [0.3, 0.4) is 0 Å². The summed E-state index contributed by atoms with van der Waals surface area (Å²) in [6.45, 7) is 7.34. The number of nitrogens with zero attached hydrogens (tertiary/aromatic N) is 3. The Balaban J connectivity index is 1.67. The zero-order chi connectivity index (χ0) is 22.2. The Bertz CT molecular complexity index is 999. The summed E-state index contributed by atoms with van der Waals surface area (Å²) in [5, 5.41) is 7.34. The molecule has 7 heteroatoms.